The number of ether oxygens (including phenoxy) is 2. The number of carbonyl (C=O) groups is 1. The predicted octanol–water partition coefficient (Wildman–Crippen LogP) is 2.78. The first kappa shape index (κ1) is 16.7. The molecule has 3 N–H and O–H groups in total. The van der Waals surface area contributed by atoms with Crippen LogP contribution in [-0.2, 0) is 10.3 Å². The predicted molar refractivity (Wildman–Crippen MR) is 89.8 cm³/mol. The summed E-state index contributed by atoms with van der Waals surface area (Å²) in [6.07, 6.45) is 1.25. The molecule has 8 heteroatoms. The van der Waals surface area contributed by atoms with E-state index in [1.54, 1.807) is 25.1 Å². The Labute approximate surface area is 143 Å². The van der Waals surface area contributed by atoms with Crippen molar-refractivity contribution < 1.29 is 18.7 Å². The number of nitrogens with zero attached hydrogens (tertiary/aromatic N) is 2. The van der Waals surface area contributed by atoms with Gasteiger partial charge in [0.05, 0.1) is 12.1 Å². The first-order chi connectivity index (χ1) is 12.0. The van der Waals surface area contributed by atoms with Crippen molar-refractivity contribution in [2.45, 2.75) is 18.9 Å². The highest BCUT2D eigenvalue weighted by Crippen LogP contribution is 2.35. The average molecular weight is 344 g/mol. The number of carbonyl (C=O) groups excluding carboxylic acids is 1. The van der Waals surface area contributed by atoms with Gasteiger partial charge in [-0.1, -0.05) is 6.07 Å². The second kappa shape index (κ2) is 6.76. The Balaban J connectivity index is 1.80. The van der Waals surface area contributed by atoms with E-state index in [1.165, 1.54) is 24.4 Å². The Morgan fingerprint density at radius 2 is 2.24 bits per heavy atom. The van der Waals surface area contributed by atoms with Crippen LogP contribution < -0.4 is 15.8 Å². The zero-order valence-electron chi connectivity index (χ0n) is 13.5. The van der Waals surface area contributed by atoms with Crippen molar-refractivity contribution in [3.63, 3.8) is 0 Å². The number of aliphatic imine (C=N–C) groups is 1. The third-order valence-electron chi connectivity index (χ3n) is 3.82. The number of nitrogens with one attached hydrogen (secondary N) is 1. The summed E-state index contributed by atoms with van der Waals surface area (Å²) in [5.41, 5.74) is 5.43. The number of rotatable bonds is 3. The highest BCUT2D eigenvalue weighted by atomic mass is 19.1. The SMILES string of the molecule is C[C@@]1(c2cc(NC(=O)Oc3ccccn3)ccc2F)CCOC(N)=N1. The van der Waals surface area contributed by atoms with Gasteiger partial charge in [-0.05, 0) is 31.2 Å². The molecule has 2 heterocycles. The van der Waals surface area contributed by atoms with Crippen molar-refractivity contribution in [1.29, 1.82) is 0 Å². The topological polar surface area (TPSA) is 98.8 Å². The molecular formula is C17H17FN4O3. The Hall–Kier alpha value is -3.16. The second-order valence-electron chi connectivity index (χ2n) is 5.70. The summed E-state index contributed by atoms with van der Waals surface area (Å²) in [4.78, 5) is 20.1. The van der Waals surface area contributed by atoms with E-state index in [-0.39, 0.29) is 11.9 Å². The lowest BCUT2D eigenvalue weighted by atomic mass is 9.88. The Kier molecular flexibility index (Phi) is 4.51. The summed E-state index contributed by atoms with van der Waals surface area (Å²) in [6, 6.07) is 9.18. The van der Waals surface area contributed by atoms with E-state index in [2.05, 4.69) is 15.3 Å². The Morgan fingerprint density at radius 3 is 2.96 bits per heavy atom. The minimum Gasteiger partial charge on any atom is -0.465 e. The van der Waals surface area contributed by atoms with Gasteiger partial charge in [-0.3, -0.25) is 5.32 Å². The molecule has 0 saturated carbocycles. The lowest BCUT2D eigenvalue weighted by molar-refractivity contribution is 0.212. The average Bonchev–Trinajstić information content (AvgIpc) is 2.57. The van der Waals surface area contributed by atoms with Crippen LogP contribution in [0.5, 0.6) is 5.88 Å². The number of amides is 1. The number of nitrogens with two attached hydrogens (primary N) is 1. The molecule has 1 aliphatic rings. The van der Waals surface area contributed by atoms with E-state index < -0.39 is 17.4 Å². The molecular weight excluding hydrogens is 327 g/mol. The zero-order chi connectivity index (χ0) is 17.9. The van der Waals surface area contributed by atoms with Crippen LogP contribution in [0.15, 0.2) is 47.6 Å². The molecule has 0 bridgehead atoms. The fourth-order valence-corrected chi connectivity index (χ4v) is 2.54. The first-order valence-electron chi connectivity index (χ1n) is 7.64. The summed E-state index contributed by atoms with van der Waals surface area (Å²) in [5, 5.41) is 2.55. The standard InChI is InChI=1S/C17H17FN4O3/c1-17(7-9-24-15(19)22-17)12-10-11(5-6-13(12)18)21-16(23)25-14-4-2-3-8-20-14/h2-6,8,10H,7,9H2,1H3,(H2,19,22)(H,21,23)/t17-/m0/s1. The van der Waals surface area contributed by atoms with Crippen LogP contribution >= 0.6 is 0 Å². The number of benzene rings is 1. The van der Waals surface area contributed by atoms with E-state index in [1.807, 2.05) is 0 Å². The minimum atomic E-state index is -0.866. The molecule has 25 heavy (non-hydrogen) atoms. The maximum absolute atomic E-state index is 14.3. The van der Waals surface area contributed by atoms with Crippen LogP contribution in [0.2, 0.25) is 0 Å². The summed E-state index contributed by atoms with van der Waals surface area (Å²) in [5.74, 6) is -0.277. The number of hydrogen-bond acceptors (Lipinski definition) is 6. The van der Waals surface area contributed by atoms with Crippen molar-refractivity contribution in [3.8, 4) is 5.88 Å². The van der Waals surface area contributed by atoms with Crippen LogP contribution in [0.3, 0.4) is 0 Å². The van der Waals surface area contributed by atoms with E-state index in [9.17, 15) is 9.18 Å². The van der Waals surface area contributed by atoms with Crippen molar-refractivity contribution in [2.75, 3.05) is 11.9 Å². The molecule has 0 unspecified atom stereocenters. The smallest absolute Gasteiger partial charge is 0.418 e. The van der Waals surface area contributed by atoms with E-state index in [0.717, 1.165) is 0 Å². The van der Waals surface area contributed by atoms with Gasteiger partial charge in [0.2, 0.25) is 5.88 Å². The molecule has 0 saturated heterocycles. The van der Waals surface area contributed by atoms with Crippen LogP contribution in [0, 0.1) is 5.82 Å². The van der Waals surface area contributed by atoms with Crippen molar-refractivity contribution in [3.05, 3.63) is 54.0 Å². The Bertz CT molecular complexity index is 813. The maximum atomic E-state index is 14.3. The lowest BCUT2D eigenvalue weighted by Crippen LogP contribution is -2.34. The van der Waals surface area contributed by atoms with Gasteiger partial charge in [0.1, 0.15) is 5.82 Å². The summed E-state index contributed by atoms with van der Waals surface area (Å²) >= 11 is 0. The largest absolute Gasteiger partial charge is 0.465 e. The van der Waals surface area contributed by atoms with E-state index in [0.29, 0.717) is 24.3 Å². The van der Waals surface area contributed by atoms with Gasteiger partial charge >= 0.3 is 6.09 Å². The maximum Gasteiger partial charge on any atom is 0.418 e. The third kappa shape index (κ3) is 3.85. The van der Waals surface area contributed by atoms with E-state index >= 15 is 0 Å². The molecule has 1 atom stereocenters. The van der Waals surface area contributed by atoms with Crippen LogP contribution in [0.25, 0.3) is 0 Å². The number of aromatic nitrogens is 1. The number of anilines is 1. The van der Waals surface area contributed by atoms with Crippen LogP contribution in [0.1, 0.15) is 18.9 Å². The molecule has 0 radical (unpaired) electrons. The normalized spacial score (nSPS) is 19.5. The van der Waals surface area contributed by atoms with Crippen molar-refractivity contribution >= 4 is 17.8 Å². The highest BCUT2D eigenvalue weighted by molar-refractivity contribution is 5.86. The molecule has 1 aromatic carbocycles. The molecule has 1 aromatic heterocycles. The van der Waals surface area contributed by atoms with Crippen molar-refractivity contribution in [1.82, 2.24) is 4.98 Å². The molecule has 130 valence electrons. The third-order valence-corrected chi connectivity index (χ3v) is 3.82. The van der Waals surface area contributed by atoms with Gasteiger partial charge in [0.15, 0.2) is 0 Å². The van der Waals surface area contributed by atoms with Crippen LogP contribution in [0.4, 0.5) is 14.9 Å². The second-order valence-corrected chi connectivity index (χ2v) is 5.70. The van der Waals surface area contributed by atoms with Gasteiger partial charge in [-0.25, -0.2) is 19.2 Å². The zero-order valence-corrected chi connectivity index (χ0v) is 13.5. The van der Waals surface area contributed by atoms with Crippen molar-refractivity contribution in [2.24, 2.45) is 10.7 Å². The number of halogens is 1. The number of hydrogen-bond donors (Lipinski definition) is 2. The molecule has 2 aromatic rings. The molecule has 3 rings (SSSR count). The summed E-state index contributed by atoms with van der Waals surface area (Å²) < 4.78 is 24.5. The van der Waals surface area contributed by atoms with Gasteiger partial charge in [0.25, 0.3) is 6.02 Å². The van der Waals surface area contributed by atoms with Gasteiger partial charge < -0.3 is 15.2 Å². The monoisotopic (exact) mass is 344 g/mol. The molecule has 0 fully saturated rings. The molecule has 0 aliphatic carbocycles. The highest BCUT2D eigenvalue weighted by Gasteiger charge is 2.33. The minimum absolute atomic E-state index is 0.0149. The number of amidine groups is 1. The molecule has 1 amide bonds. The summed E-state index contributed by atoms with van der Waals surface area (Å²) in [6.45, 7) is 2.10. The van der Waals surface area contributed by atoms with Gasteiger partial charge in [-0.15, -0.1) is 0 Å². The Morgan fingerprint density at radius 1 is 1.40 bits per heavy atom. The molecule has 0 spiro atoms. The van der Waals surface area contributed by atoms with E-state index in [4.69, 9.17) is 15.2 Å². The quantitative estimate of drug-likeness (QED) is 0.892. The number of pyridine rings is 1. The molecule has 7 nitrogen and oxygen atoms in total. The fourth-order valence-electron chi connectivity index (χ4n) is 2.54. The lowest BCUT2D eigenvalue weighted by Gasteiger charge is -2.30. The molecule has 1 aliphatic heterocycles. The van der Waals surface area contributed by atoms with Gasteiger partial charge in [0, 0.05) is 29.9 Å². The fraction of sp³-hybridized carbons (Fsp3) is 0.235. The van der Waals surface area contributed by atoms with Gasteiger partial charge in [-0.2, -0.15) is 0 Å². The first-order valence-corrected chi connectivity index (χ1v) is 7.64. The van der Waals surface area contributed by atoms with Crippen LogP contribution in [-0.4, -0.2) is 23.7 Å². The summed E-state index contributed by atoms with van der Waals surface area (Å²) in [7, 11) is 0.